The summed E-state index contributed by atoms with van der Waals surface area (Å²) < 4.78 is 5.86. The number of aryl methyl sites for hydroxylation is 2. The number of ether oxygens (including phenoxy) is 1. The summed E-state index contributed by atoms with van der Waals surface area (Å²) in [5.74, 6) is -0.317. The minimum absolute atomic E-state index is 0.125. The van der Waals surface area contributed by atoms with E-state index >= 15 is 0 Å². The van der Waals surface area contributed by atoms with Crippen molar-refractivity contribution >= 4 is 29.2 Å². The average Bonchev–Trinajstić information content (AvgIpc) is 3.39. The van der Waals surface area contributed by atoms with Crippen LogP contribution >= 0.6 is 0 Å². The molecule has 0 saturated heterocycles. The van der Waals surface area contributed by atoms with Crippen molar-refractivity contribution in [3.8, 4) is 11.1 Å². The quantitative estimate of drug-likeness (QED) is 0.523. The highest BCUT2D eigenvalue weighted by Crippen LogP contribution is 2.38. The first-order valence-electron chi connectivity index (χ1n) is 10.2. The molecule has 2 aliphatic heterocycles. The van der Waals surface area contributed by atoms with Crippen LogP contribution in [0.3, 0.4) is 0 Å². The number of benzene rings is 1. The molecular weight excluding hydrogens is 394 g/mol. The Kier molecular flexibility index (Phi) is 4.51. The van der Waals surface area contributed by atoms with Crippen LogP contribution < -0.4 is 5.32 Å². The second-order valence-electron chi connectivity index (χ2n) is 7.99. The Morgan fingerprint density at radius 2 is 1.97 bits per heavy atom. The third kappa shape index (κ3) is 3.25. The van der Waals surface area contributed by atoms with Gasteiger partial charge in [-0.05, 0) is 43.7 Å². The van der Waals surface area contributed by atoms with Crippen LogP contribution in [0.1, 0.15) is 38.7 Å². The van der Waals surface area contributed by atoms with Crippen molar-refractivity contribution in [3.05, 3.63) is 58.2 Å². The third-order valence-electron chi connectivity index (χ3n) is 5.78. The number of anilines is 1. The molecule has 0 radical (unpaired) electrons. The monoisotopic (exact) mass is 417 g/mol. The van der Waals surface area contributed by atoms with Gasteiger partial charge in [-0.3, -0.25) is 14.7 Å². The second kappa shape index (κ2) is 7.24. The van der Waals surface area contributed by atoms with Crippen molar-refractivity contribution in [1.29, 1.82) is 0 Å². The maximum atomic E-state index is 13.1. The van der Waals surface area contributed by atoms with Crippen molar-refractivity contribution in [1.82, 2.24) is 20.1 Å². The van der Waals surface area contributed by atoms with E-state index in [9.17, 15) is 9.59 Å². The predicted octanol–water partition coefficient (Wildman–Crippen LogP) is 3.12. The van der Waals surface area contributed by atoms with E-state index in [0.717, 1.165) is 39.5 Å². The molecule has 158 valence electrons. The molecule has 0 saturated carbocycles. The summed E-state index contributed by atoms with van der Waals surface area (Å²) in [5, 5.41) is 10.3. The van der Waals surface area contributed by atoms with Crippen LogP contribution in [-0.4, -0.2) is 52.1 Å². The lowest BCUT2D eigenvalue weighted by molar-refractivity contribution is -0.110. The number of amides is 2. The van der Waals surface area contributed by atoms with E-state index in [1.165, 1.54) is 0 Å². The van der Waals surface area contributed by atoms with Crippen molar-refractivity contribution in [2.75, 3.05) is 25.5 Å². The number of hydrogen-bond donors (Lipinski definition) is 3. The molecule has 0 aliphatic carbocycles. The number of aromatic nitrogens is 3. The highest BCUT2D eigenvalue weighted by molar-refractivity contribution is 6.35. The molecular formula is C23H23N5O3. The molecule has 31 heavy (non-hydrogen) atoms. The lowest BCUT2D eigenvalue weighted by atomic mass is 9.97. The van der Waals surface area contributed by atoms with Gasteiger partial charge in [-0.25, -0.2) is 0 Å². The molecule has 8 heteroatoms. The smallest absolute Gasteiger partial charge is 0.256 e. The molecule has 0 fully saturated rings. The van der Waals surface area contributed by atoms with Crippen molar-refractivity contribution < 1.29 is 14.3 Å². The number of likely N-dealkylation sites (N-methyl/N-ethyl adjacent to an activating group) is 1. The van der Waals surface area contributed by atoms with Crippen molar-refractivity contribution in [2.45, 2.75) is 20.5 Å². The first-order chi connectivity index (χ1) is 14.9. The van der Waals surface area contributed by atoms with Gasteiger partial charge in [0, 0.05) is 36.1 Å². The Bertz CT molecular complexity index is 1250. The number of hydrogen-bond acceptors (Lipinski definition) is 4. The SMILES string of the molecule is Cc1cc2c([nH]1)/C=C1\C(=O)Nc3ccc(cc31)-c1c(C)n[nH]c1COCCN(C)C2=O. The molecule has 2 aromatic heterocycles. The maximum absolute atomic E-state index is 13.1. The van der Waals surface area contributed by atoms with Gasteiger partial charge >= 0.3 is 0 Å². The van der Waals surface area contributed by atoms with E-state index in [4.69, 9.17) is 4.74 Å². The van der Waals surface area contributed by atoms with Crippen LogP contribution in [-0.2, 0) is 16.1 Å². The van der Waals surface area contributed by atoms with E-state index in [0.29, 0.717) is 36.6 Å². The summed E-state index contributed by atoms with van der Waals surface area (Å²) >= 11 is 0. The molecule has 0 unspecified atom stereocenters. The van der Waals surface area contributed by atoms with Crippen molar-refractivity contribution in [3.63, 3.8) is 0 Å². The first kappa shape index (κ1) is 19.3. The van der Waals surface area contributed by atoms with Gasteiger partial charge in [0.2, 0.25) is 0 Å². The number of fused-ring (bicyclic) bond motifs is 4. The van der Waals surface area contributed by atoms with Gasteiger partial charge in [0.1, 0.15) is 0 Å². The van der Waals surface area contributed by atoms with Crippen LogP contribution in [0, 0.1) is 13.8 Å². The Morgan fingerprint density at radius 1 is 1.13 bits per heavy atom. The number of H-pyrrole nitrogens is 2. The first-order valence-corrected chi connectivity index (χ1v) is 10.2. The summed E-state index contributed by atoms with van der Waals surface area (Å²) in [7, 11) is 1.75. The number of aromatic amines is 2. The van der Waals surface area contributed by atoms with Crippen LogP contribution in [0.15, 0.2) is 24.3 Å². The largest absolute Gasteiger partial charge is 0.373 e. The average molecular weight is 417 g/mol. The Labute approximate surface area is 179 Å². The summed E-state index contributed by atoms with van der Waals surface area (Å²) in [6, 6.07) is 7.68. The molecule has 2 bridgehead atoms. The zero-order valence-electron chi connectivity index (χ0n) is 17.6. The van der Waals surface area contributed by atoms with Crippen LogP contribution in [0.25, 0.3) is 22.8 Å². The van der Waals surface area contributed by atoms with Gasteiger partial charge < -0.3 is 19.9 Å². The van der Waals surface area contributed by atoms with E-state index in [1.807, 2.05) is 38.1 Å². The van der Waals surface area contributed by atoms with Gasteiger partial charge in [0.25, 0.3) is 11.8 Å². The molecule has 4 heterocycles. The topological polar surface area (TPSA) is 103 Å². The highest BCUT2D eigenvalue weighted by atomic mass is 16.5. The fraction of sp³-hybridized carbons (Fsp3) is 0.261. The zero-order chi connectivity index (χ0) is 21.7. The summed E-state index contributed by atoms with van der Waals surface area (Å²) in [5.41, 5.74) is 7.72. The lowest BCUT2D eigenvalue weighted by Crippen LogP contribution is -2.30. The van der Waals surface area contributed by atoms with Crippen LogP contribution in [0.2, 0.25) is 0 Å². The molecule has 8 nitrogen and oxygen atoms in total. The lowest BCUT2D eigenvalue weighted by Gasteiger charge is -2.17. The highest BCUT2D eigenvalue weighted by Gasteiger charge is 2.27. The second-order valence-corrected chi connectivity index (χ2v) is 7.99. The van der Waals surface area contributed by atoms with Gasteiger partial charge in [0.15, 0.2) is 0 Å². The minimum Gasteiger partial charge on any atom is -0.373 e. The third-order valence-corrected chi connectivity index (χ3v) is 5.78. The van der Waals surface area contributed by atoms with E-state index in [-0.39, 0.29) is 11.8 Å². The van der Waals surface area contributed by atoms with Gasteiger partial charge in [0.05, 0.1) is 41.4 Å². The molecule has 2 amide bonds. The number of rotatable bonds is 0. The van der Waals surface area contributed by atoms with E-state index < -0.39 is 0 Å². The molecule has 2 aliphatic rings. The van der Waals surface area contributed by atoms with Crippen LogP contribution in [0.5, 0.6) is 0 Å². The van der Waals surface area contributed by atoms with Gasteiger partial charge in [-0.2, -0.15) is 5.10 Å². The Hall–Kier alpha value is -3.65. The molecule has 5 rings (SSSR count). The molecule has 1 aromatic carbocycles. The summed E-state index contributed by atoms with van der Waals surface area (Å²) in [4.78, 5) is 30.7. The van der Waals surface area contributed by atoms with Crippen LogP contribution in [0.4, 0.5) is 5.69 Å². The fourth-order valence-electron chi connectivity index (χ4n) is 4.18. The fourth-order valence-corrected chi connectivity index (χ4v) is 4.18. The normalized spacial score (nSPS) is 17.9. The molecule has 3 N–H and O–H groups in total. The van der Waals surface area contributed by atoms with Gasteiger partial charge in [-0.1, -0.05) is 6.07 Å². The van der Waals surface area contributed by atoms with Crippen molar-refractivity contribution in [2.24, 2.45) is 0 Å². The Morgan fingerprint density at radius 3 is 2.81 bits per heavy atom. The standard InChI is InChI=1S/C23H23N5O3/c1-12-8-17-19(24-12)10-16-15-9-14(4-5-18(15)25-22(16)29)21-13(2)26-27-20(21)11-31-7-6-28(3)23(17)30/h4-5,8-10,24H,6-7,11H2,1-3H3,(H,25,29)(H,26,27)/b16-10-. The molecule has 0 spiro atoms. The predicted molar refractivity (Wildman–Crippen MR) is 117 cm³/mol. The number of nitrogens with zero attached hydrogens (tertiary/aromatic N) is 2. The Balaban J connectivity index is 1.72. The zero-order valence-corrected chi connectivity index (χ0v) is 17.6. The molecule has 0 atom stereocenters. The summed E-state index contributed by atoms with van der Waals surface area (Å²) in [6.07, 6.45) is 1.76. The number of carbonyl (C=O) groups is 2. The maximum Gasteiger partial charge on any atom is 0.256 e. The minimum atomic E-state index is -0.192. The van der Waals surface area contributed by atoms with E-state index in [2.05, 4.69) is 20.5 Å². The number of nitrogens with one attached hydrogen (secondary N) is 3. The molecule has 3 aromatic rings. The summed E-state index contributed by atoms with van der Waals surface area (Å²) in [6.45, 7) is 5.03. The number of carbonyl (C=O) groups excluding carboxylic acids is 2. The van der Waals surface area contributed by atoms with Gasteiger partial charge in [-0.15, -0.1) is 0 Å². The van der Waals surface area contributed by atoms with E-state index in [1.54, 1.807) is 18.0 Å².